The third-order valence-corrected chi connectivity index (χ3v) is 6.75. The summed E-state index contributed by atoms with van der Waals surface area (Å²) in [5.41, 5.74) is 1.20. The Bertz CT molecular complexity index is 1110. The molecule has 1 aromatic carbocycles. The second-order valence-corrected chi connectivity index (χ2v) is 8.59. The molecule has 6 nitrogen and oxygen atoms in total. The second-order valence-electron chi connectivity index (χ2n) is 7.09. The van der Waals surface area contributed by atoms with Gasteiger partial charge in [0.05, 0.1) is 15.2 Å². The lowest BCUT2D eigenvalue weighted by atomic mass is 9.97. The Kier molecular flexibility index (Phi) is 4.92. The van der Waals surface area contributed by atoms with Crippen LogP contribution in [0.3, 0.4) is 0 Å². The maximum Gasteiger partial charge on any atom is 0.330 e. The van der Waals surface area contributed by atoms with E-state index in [1.165, 1.54) is 16.8 Å². The summed E-state index contributed by atoms with van der Waals surface area (Å²) in [4.78, 5) is 31.1. The van der Waals surface area contributed by atoms with Gasteiger partial charge in [-0.1, -0.05) is 11.6 Å². The summed E-state index contributed by atoms with van der Waals surface area (Å²) in [6.45, 7) is 2.46. The summed E-state index contributed by atoms with van der Waals surface area (Å²) >= 11 is 7.81. The average molecular weight is 405 g/mol. The zero-order chi connectivity index (χ0) is 19.1. The average Bonchev–Trinajstić information content (AvgIpc) is 3.08. The van der Waals surface area contributed by atoms with Crippen molar-refractivity contribution in [3.63, 3.8) is 0 Å². The summed E-state index contributed by atoms with van der Waals surface area (Å²) in [5, 5.41) is 1.89. The van der Waals surface area contributed by atoms with Crippen LogP contribution in [0.25, 0.3) is 10.2 Å². The van der Waals surface area contributed by atoms with Crippen molar-refractivity contribution in [2.75, 3.05) is 13.1 Å². The van der Waals surface area contributed by atoms with Gasteiger partial charge in [-0.25, -0.2) is 9.78 Å². The number of aromatic nitrogens is 3. The molecular formula is C19H21ClN4O2S. The van der Waals surface area contributed by atoms with Crippen molar-refractivity contribution in [3.8, 4) is 0 Å². The van der Waals surface area contributed by atoms with Gasteiger partial charge in [0, 0.05) is 43.3 Å². The first-order valence-corrected chi connectivity index (χ1v) is 10.2. The Morgan fingerprint density at radius 1 is 1.15 bits per heavy atom. The standard InChI is InChI=1S/C19H21ClN4O2S/c1-22-14(10-17(25)23(2)19(22)26)11-24-7-5-12(6-8-24)18-21-15-9-13(20)3-4-16(15)27-18/h3-4,9-10,12H,5-8,11H2,1-2H3. The summed E-state index contributed by atoms with van der Waals surface area (Å²) < 4.78 is 3.87. The van der Waals surface area contributed by atoms with E-state index in [4.69, 9.17) is 16.6 Å². The molecule has 0 saturated carbocycles. The van der Waals surface area contributed by atoms with E-state index in [1.807, 2.05) is 18.2 Å². The summed E-state index contributed by atoms with van der Waals surface area (Å²) in [6.07, 6.45) is 2.04. The molecule has 8 heteroatoms. The van der Waals surface area contributed by atoms with E-state index in [2.05, 4.69) is 4.90 Å². The molecule has 0 atom stereocenters. The Balaban J connectivity index is 1.46. The molecule has 3 aromatic rings. The van der Waals surface area contributed by atoms with Crippen LogP contribution in [-0.4, -0.2) is 32.1 Å². The van der Waals surface area contributed by atoms with Gasteiger partial charge in [0.15, 0.2) is 0 Å². The molecule has 4 rings (SSSR count). The normalized spacial score (nSPS) is 16.3. The van der Waals surface area contributed by atoms with Gasteiger partial charge in [-0.05, 0) is 44.1 Å². The largest absolute Gasteiger partial charge is 0.330 e. The maximum atomic E-state index is 12.1. The number of halogens is 1. The quantitative estimate of drug-likeness (QED) is 0.673. The molecular weight excluding hydrogens is 384 g/mol. The molecule has 1 aliphatic rings. The molecule has 0 amide bonds. The topological polar surface area (TPSA) is 60.1 Å². The number of benzene rings is 1. The number of piperidine rings is 1. The molecule has 1 fully saturated rings. The minimum absolute atomic E-state index is 0.254. The predicted octanol–water partition coefficient (Wildman–Crippen LogP) is 2.73. The Morgan fingerprint density at radius 3 is 2.63 bits per heavy atom. The molecule has 1 saturated heterocycles. The number of nitrogens with zero attached hydrogens (tertiary/aromatic N) is 4. The number of hydrogen-bond donors (Lipinski definition) is 0. The van der Waals surface area contributed by atoms with E-state index in [9.17, 15) is 9.59 Å². The minimum Gasteiger partial charge on any atom is -0.299 e. The zero-order valence-corrected chi connectivity index (χ0v) is 16.9. The molecule has 3 heterocycles. The van der Waals surface area contributed by atoms with E-state index in [1.54, 1.807) is 29.0 Å². The number of rotatable bonds is 3. The van der Waals surface area contributed by atoms with Crippen LogP contribution in [0.4, 0.5) is 0 Å². The third kappa shape index (κ3) is 3.59. The van der Waals surface area contributed by atoms with Crippen LogP contribution >= 0.6 is 22.9 Å². The van der Waals surface area contributed by atoms with Crippen molar-refractivity contribution in [3.05, 3.63) is 60.8 Å². The Labute approximate surface area is 165 Å². The summed E-state index contributed by atoms with van der Waals surface area (Å²) in [5.74, 6) is 0.449. The summed E-state index contributed by atoms with van der Waals surface area (Å²) in [6, 6.07) is 7.42. The molecule has 142 valence electrons. The fourth-order valence-electron chi connectivity index (χ4n) is 3.59. The maximum absolute atomic E-state index is 12.1. The highest BCUT2D eigenvalue weighted by atomic mass is 35.5. The van der Waals surface area contributed by atoms with Gasteiger partial charge >= 0.3 is 5.69 Å². The lowest BCUT2D eigenvalue weighted by Gasteiger charge is -2.31. The number of hydrogen-bond acceptors (Lipinski definition) is 5. The Morgan fingerprint density at radius 2 is 1.89 bits per heavy atom. The van der Waals surface area contributed by atoms with Crippen molar-refractivity contribution in [2.24, 2.45) is 14.1 Å². The monoisotopic (exact) mass is 404 g/mol. The fraction of sp³-hybridized carbons (Fsp3) is 0.421. The van der Waals surface area contributed by atoms with Crippen molar-refractivity contribution < 1.29 is 0 Å². The van der Waals surface area contributed by atoms with Crippen LogP contribution in [0.15, 0.2) is 33.9 Å². The Hall–Kier alpha value is -1.96. The molecule has 0 aliphatic carbocycles. The van der Waals surface area contributed by atoms with Gasteiger partial charge < -0.3 is 0 Å². The van der Waals surface area contributed by atoms with Crippen LogP contribution < -0.4 is 11.2 Å². The fourth-order valence-corrected chi connectivity index (χ4v) is 4.87. The molecule has 0 unspecified atom stereocenters. The molecule has 0 spiro atoms. The lowest BCUT2D eigenvalue weighted by Crippen LogP contribution is -2.40. The van der Waals surface area contributed by atoms with Gasteiger partial charge in [0.25, 0.3) is 5.56 Å². The van der Waals surface area contributed by atoms with Gasteiger partial charge in [-0.15, -0.1) is 11.3 Å². The smallest absolute Gasteiger partial charge is 0.299 e. The first-order valence-electron chi connectivity index (χ1n) is 8.96. The van der Waals surface area contributed by atoms with E-state index in [0.29, 0.717) is 17.5 Å². The highest BCUT2D eigenvalue weighted by Crippen LogP contribution is 2.34. The number of thiazole rings is 1. The van der Waals surface area contributed by atoms with Gasteiger partial charge in [0.2, 0.25) is 0 Å². The van der Waals surface area contributed by atoms with E-state index in [-0.39, 0.29) is 11.2 Å². The van der Waals surface area contributed by atoms with Crippen molar-refractivity contribution in [2.45, 2.75) is 25.3 Å². The van der Waals surface area contributed by atoms with Gasteiger partial charge in [-0.2, -0.15) is 0 Å². The SMILES string of the molecule is Cn1c(CN2CCC(c3nc4cc(Cl)ccc4s3)CC2)cc(=O)n(C)c1=O. The lowest BCUT2D eigenvalue weighted by molar-refractivity contribution is 0.199. The van der Waals surface area contributed by atoms with Gasteiger partial charge in [-0.3, -0.25) is 18.8 Å². The van der Waals surface area contributed by atoms with Crippen molar-refractivity contribution in [1.82, 2.24) is 19.0 Å². The van der Waals surface area contributed by atoms with E-state index >= 15 is 0 Å². The molecule has 1 aliphatic heterocycles. The van der Waals surface area contributed by atoms with E-state index in [0.717, 1.165) is 41.7 Å². The molecule has 0 radical (unpaired) electrons. The van der Waals surface area contributed by atoms with Crippen LogP contribution in [-0.2, 0) is 20.6 Å². The molecule has 0 N–H and O–H groups in total. The number of fused-ring (bicyclic) bond motifs is 1. The van der Waals surface area contributed by atoms with Crippen LogP contribution in [0.5, 0.6) is 0 Å². The first kappa shape index (κ1) is 18.4. The third-order valence-electron chi connectivity index (χ3n) is 5.31. The van der Waals surface area contributed by atoms with Gasteiger partial charge in [0.1, 0.15) is 0 Å². The highest BCUT2D eigenvalue weighted by Gasteiger charge is 2.24. The second kappa shape index (κ2) is 7.22. The first-order chi connectivity index (χ1) is 12.9. The predicted molar refractivity (Wildman–Crippen MR) is 109 cm³/mol. The van der Waals surface area contributed by atoms with Crippen LogP contribution in [0, 0.1) is 0 Å². The number of likely N-dealkylation sites (tertiary alicyclic amines) is 1. The van der Waals surface area contributed by atoms with E-state index < -0.39 is 0 Å². The van der Waals surface area contributed by atoms with Crippen molar-refractivity contribution >= 4 is 33.2 Å². The van der Waals surface area contributed by atoms with Crippen LogP contribution in [0.2, 0.25) is 5.02 Å². The minimum atomic E-state index is -0.277. The summed E-state index contributed by atoms with van der Waals surface area (Å²) in [7, 11) is 3.22. The molecule has 0 bridgehead atoms. The molecule has 2 aromatic heterocycles. The highest BCUT2D eigenvalue weighted by molar-refractivity contribution is 7.18. The zero-order valence-electron chi connectivity index (χ0n) is 15.3. The van der Waals surface area contributed by atoms with Crippen LogP contribution in [0.1, 0.15) is 29.5 Å². The van der Waals surface area contributed by atoms with Crippen molar-refractivity contribution in [1.29, 1.82) is 0 Å². The molecule has 27 heavy (non-hydrogen) atoms.